The molecule has 2 fully saturated rings. The summed E-state index contributed by atoms with van der Waals surface area (Å²) in [5.41, 5.74) is 0.854. The number of carboxylic acid groups (broad SMARTS) is 1. The molecule has 2 heterocycles. The van der Waals surface area contributed by atoms with Crippen molar-refractivity contribution in [3.05, 3.63) is 11.6 Å². The van der Waals surface area contributed by atoms with Crippen molar-refractivity contribution in [2.45, 2.75) is 25.6 Å². The zero-order valence-corrected chi connectivity index (χ0v) is 10.1. The first-order chi connectivity index (χ1) is 8.10. The van der Waals surface area contributed by atoms with Gasteiger partial charge in [-0.3, -0.25) is 4.90 Å². The van der Waals surface area contributed by atoms with Crippen LogP contribution in [0.3, 0.4) is 0 Å². The molecule has 0 bridgehead atoms. The summed E-state index contributed by atoms with van der Waals surface area (Å²) in [7, 11) is 0. The second-order valence-electron chi connectivity index (χ2n) is 4.75. The lowest BCUT2D eigenvalue weighted by Crippen LogP contribution is -2.49. The molecule has 0 saturated carbocycles. The van der Waals surface area contributed by atoms with Crippen molar-refractivity contribution < 1.29 is 19.4 Å². The van der Waals surface area contributed by atoms with Gasteiger partial charge in [0.15, 0.2) is 5.79 Å². The van der Waals surface area contributed by atoms with Crippen LogP contribution in [-0.4, -0.2) is 54.6 Å². The third kappa shape index (κ3) is 3.28. The van der Waals surface area contributed by atoms with Gasteiger partial charge >= 0.3 is 5.97 Å². The van der Waals surface area contributed by atoms with E-state index in [9.17, 15) is 4.79 Å². The topological polar surface area (TPSA) is 59.0 Å². The van der Waals surface area contributed by atoms with Crippen LogP contribution in [0.2, 0.25) is 0 Å². The van der Waals surface area contributed by atoms with Crippen LogP contribution in [0.25, 0.3) is 0 Å². The van der Waals surface area contributed by atoms with E-state index in [1.165, 1.54) is 6.08 Å². The Morgan fingerprint density at radius 2 is 2.18 bits per heavy atom. The Bertz CT molecular complexity index is 320. The van der Waals surface area contributed by atoms with E-state index in [2.05, 4.69) is 4.90 Å². The number of carbonyl (C=O) groups is 1. The van der Waals surface area contributed by atoms with Gasteiger partial charge in [-0.05, 0) is 19.9 Å². The predicted molar refractivity (Wildman–Crippen MR) is 61.7 cm³/mol. The van der Waals surface area contributed by atoms with Gasteiger partial charge in [0.1, 0.15) is 0 Å². The third-order valence-electron chi connectivity index (χ3n) is 3.15. The Kier molecular flexibility index (Phi) is 3.81. The van der Waals surface area contributed by atoms with Crippen LogP contribution in [0.4, 0.5) is 0 Å². The maximum Gasteiger partial charge on any atom is 0.328 e. The zero-order chi connectivity index (χ0) is 12.3. The van der Waals surface area contributed by atoms with Gasteiger partial charge in [0.25, 0.3) is 0 Å². The molecule has 2 aliphatic heterocycles. The first-order valence-electron chi connectivity index (χ1n) is 6.00. The van der Waals surface area contributed by atoms with E-state index in [1.807, 2.05) is 6.92 Å². The molecule has 0 amide bonds. The molecule has 2 aliphatic rings. The fraction of sp³-hybridized carbons (Fsp3) is 0.750. The van der Waals surface area contributed by atoms with E-state index < -0.39 is 11.8 Å². The second kappa shape index (κ2) is 5.16. The Labute approximate surface area is 101 Å². The van der Waals surface area contributed by atoms with Crippen LogP contribution in [0.5, 0.6) is 0 Å². The van der Waals surface area contributed by atoms with Gasteiger partial charge in [0.2, 0.25) is 0 Å². The number of carboxylic acids is 1. The SMILES string of the molecule is CC(=CC(=O)O)CN1CCCC2(C1)OCCO2. The van der Waals surface area contributed by atoms with E-state index in [4.69, 9.17) is 14.6 Å². The molecule has 0 aromatic carbocycles. The average Bonchev–Trinajstić information content (AvgIpc) is 2.64. The monoisotopic (exact) mass is 241 g/mol. The largest absolute Gasteiger partial charge is 0.478 e. The average molecular weight is 241 g/mol. The molecule has 0 aliphatic carbocycles. The normalized spacial score (nSPS) is 25.4. The van der Waals surface area contributed by atoms with Crippen molar-refractivity contribution in [3.63, 3.8) is 0 Å². The molecule has 0 unspecified atom stereocenters. The number of hydrogen-bond donors (Lipinski definition) is 1. The number of likely N-dealkylation sites (tertiary alicyclic amines) is 1. The quantitative estimate of drug-likeness (QED) is 0.742. The summed E-state index contributed by atoms with van der Waals surface area (Å²) in [4.78, 5) is 12.8. The molecule has 5 nitrogen and oxygen atoms in total. The number of ether oxygens (including phenoxy) is 2. The van der Waals surface area contributed by atoms with Crippen molar-refractivity contribution in [1.29, 1.82) is 0 Å². The number of rotatable bonds is 3. The minimum Gasteiger partial charge on any atom is -0.478 e. The minimum atomic E-state index is -0.886. The maximum absolute atomic E-state index is 10.6. The van der Waals surface area contributed by atoms with Gasteiger partial charge in [-0.2, -0.15) is 0 Å². The van der Waals surface area contributed by atoms with E-state index >= 15 is 0 Å². The highest BCUT2D eigenvalue weighted by Crippen LogP contribution is 2.30. The van der Waals surface area contributed by atoms with Gasteiger partial charge in [-0.15, -0.1) is 0 Å². The molecule has 0 aromatic rings. The van der Waals surface area contributed by atoms with Crippen LogP contribution in [0.1, 0.15) is 19.8 Å². The molecule has 96 valence electrons. The summed E-state index contributed by atoms with van der Waals surface area (Å²) in [6.45, 7) is 5.54. The van der Waals surface area contributed by atoms with Crippen LogP contribution < -0.4 is 0 Å². The maximum atomic E-state index is 10.6. The Balaban J connectivity index is 1.91. The van der Waals surface area contributed by atoms with E-state index in [0.717, 1.165) is 31.5 Å². The van der Waals surface area contributed by atoms with Crippen molar-refractivity contribution in [2.75, 3.05) is 32.8 Å². The van der Waals surface area contributed by atoms with E-state index in [0.29, 0.717) is 19.8 Å². The molecular formula is C12H19NO4. The standard InChI is InChI=1S/C12H19NO4/c1-10(7-11(14)15)8-13-4-2-3-12(9-13)16-5-6-17-12/h7H,2-6,8-9H2,1H3,(H,14,15). The highest BCUT2D eigenvalue weighted by Gasteiger charge is 2.40. The number of piperidine rings is 1. The highest BCUT2D eigenvalue weighted by molar-refractivity contribution is 5.80. The van der Waals surface area contributed by atoms with Crippen molar-refractivity contribution in [3.8, 4) is 0 Å². The predicted octanol–water partition coefficient (Wildman–Crippen LogP) is 0.856. The Morgan fingerprint density at radius 1 is 1.47 bits per heavy atom. The molecule has 2 rings (SSSR count). The summed E-state index contributed by atoms with van der Waals surface area (Å²) in [6.07, 6.45) is 3.23. The van der Waals surface area contributed by atoms with Crippen LogP contribution >= 0.6 is 0 Å². The lowest BCUT2D eigenvalue weighted by atomic mass is 10.0. The number of hydrogen-bond acceptors (Lipinski definition) is 4. The van der Waals surface area contributed by atoms with Crippen LogP contribution in [0.15, 0.2) is 11.6 Å². The number of nitrogens with zero attached hydrogens (tertiary/aromatic N) is 1. The molecular weight excluding hydrogens is 222 g/mol. The smallest absolute Gasteiger partial charge is 0.328 e. The molecule has 0 radical (unpaired) electrons. The molecule has 0 atom stereocenters. The zero-order valence-electron chi connectivity index (χ0n) is 10.1. The van der Waals surface area contributed by atoms with Crippen LogP contribution in [-0.2, 0) is 14.3 Å². The van der Waals surface area contributed by atoms with Gasteiger partial charge in [-0.1, -0.05) is 5.57 Å². The minimum absolute atomic E-state index is 0.429. The summed E-state index contributed by atoms with van der Waals surface area (Å²) < 4.78 is 11.3. The van der Waals surface area contributed by atoms with Gasteiger partial charge in [-0.25, -0.2) is 4.79 Å². The third-order valence-corrected chi connectivity index (χ3v) is 3.15. The fourth-order valence-electron chi connectivity index (χ4n) is 2.55. The first kappa shape index (κ1) is 12.5. The molecule has 1 spiro atoms. The van der Waals surface area contributed by atoms with Crippen molar-refractivity contribution >= 4 is 5.97 Å². The van der Waals surface area contributed by atoms with Crippen LogP contribution in [0, 0.1) is 0 Å². The summed E-state index contributed by atoms with van der Waals surface area (Å²) in [5.74, 6) is -1.32. The van der Waals surface area contributed by atoms with Crippen molar-refractivity contribution in [1.82, 2.24) is 4.90 Å². The second-order valence-corrected chi connectivity index (χ2v) is 4.75. The molecule has 0 aromatic heterocycles. The van der Waals surface area contributed by atoms with Gasteiger partial charge in [0, 0.05) is 19.0 Å². The summed E-state index contributed by atoms with van der Waals surface area (Å²) >= 11 is 0. The van der Waals surface area contributed by atoms with Gasteiger partial charge in [0.05, 0.1) is 19.8 Å². The van der Waals surface area contributed by atoms with Gasteiger partial charge < -0.3 is 14.6 Å². The molecule has 5 heteroatoms. The lowest BCUT2D eigenvalue weighted by Gasteiger charge is -2.38. The first-order valence-corrected chi connectivity index (χ1v) is 6.00. The van der Waals surface area contributed by atoms with E-state index in [1.54, 1.807) is 0 Å². The summed E-state index contributed by atoms with van der Waals surface area (Å²) in [6, 6.07) is 0. The highest BCUT2D eigenvalue weighted by atomic mass is 16.7. The number of aliphatic carboxylic acids is 1. The van der Waals surface area contributed by atoms with E-state index in [-0.39, 0.29) is 0 Å². The lowest BCUT2D eigenvalue weighted by molar-refractivity contribution is -0.188. The molecule has 2 saturated heterocycles. The van der Waals surface area contributed by atoms with Crippen molar-refractivity contribution in [2.24, 2.45) is 0 Å². The Morgan fingerprint density at radius 3 is 2.82 bits per heavy atom. The Hall–Kier alpha value is -0.910. The molecule has 1 N–H and O–H groups in total. The fourth-order valence-corrected chi connectivity index (χ4v) is 2.55. The summed E-state index contributed by atoms with van der Waals surface area (Å²) in [5, 5.41) is 8.67. The molecule has 17 heavy (non-hydrogen) atoms.